The predicted molar refractivity (Wildman–Crippen MR) is 145 cm³/mol. The molecule has 0 radical (unpaired) electrons. The first-order valence-electron chi connectivity index (χ1n) is 11.7. The Morgan fingerprint density at radius 2 is 1.56 bits per heavy atom. The summed E-state index contributed by atoms with van der Waals surface area (Å²) >= 11 is 3.61. The molecule has 36 heavy (non-hydrogen) atoms. The number of ether oxygens (including phenoxy) is 4. The van der Waals surface area contributed by atoms with Crippen molar-refractivity contribution in [2.45, 2.75) is 24.0 Å². The average Bonchev–Trinajstić information content (AvgIpc) is 2.91. The van der Waals surface area contributed by atoms with Crippen LogP contribution in [0, 0.1) is 5.92 Å². The summed E-state index contributed by atoms with van der Waals surface area (Å²) in [5.41, 5.74) is 1.26. The zero-order valence-corrected chi connectivity index (χ0v) is 22.3. The summed E-state index contributed by atoms with van der Waals surface area (Å²) in [4.78, 5) is 0. The Balaban J connectivity index is 1.95. The summed E-state index contributed by atoms with van der Waals surface area (Å²) in [6, 6.07) is 19.1. The van der Waals surface area contributed by atoms with Gasteiger partial charge in [0.1, 0.15) is 34.7 Å². The standard InChI is InChI=1S/C30H31BrO5/c1-6-16-30(32,20-10-14-22(34-4)15-11-20)28-23(7-2)24-17-25(31)27(35-5)18-26(24)36-29(28)19-8-12-21(33-3)13-9-19/h6-15,17-18,23,28-29,32H,1-2,16H2,3-5H3/t23-,28+,29-,30?/m1/s1. The maximum atomic E-state index is 12.5. The average molecular weight is 551 g/mol. The van der Waals surface area contributed by atoms with Crippen LogP contribution in [0.4, 0.5) is 0 Å². The third kappa shape index (κ3) is 4.63. The van der Waals surface area contributed by atoms with Gasteiger partial charge < -0.3 is 24.1 Å². The molecule has 1 aliphatic rings. The number of hydrogen-bond donors (Lipinski definition) is 1. The maximum absolute atomic E-state index is 12.5. The predicted octanol–water partition coefficient (Wildman–Crippen LogP) is 6.96. The number of aliphatic hydroxyl groups is 1. The van der Waals surface area contributed by atoms with Gasteiger partial charge in [-0.3, -0.25) is 0 Å². The molecule has 0 aliphatic carbocycles. The van der Waals surface area contributed by atoms with Crippen LogP contribution in [-0.4, -0.2) is 26.4 Å². The number of allylic oxidation sites excluding steroid dienone is 1. The highest BCUT2D eigenvalue weighted by atomic mass is 79.9. The molecule has 0 saturated carbocycles. The molecule has 6 heteroatoms. The summed E-state index contributed by atoms with van der Waals surface area (Å²) in [6.45, 7) is 8.14. The molecule has 0 saturated heterocycles. The van der Waals surface area contributed by atoms with Gasteiger partial charge in [-0.05, 0) is 63.8 Å². The minimum absolute atomic E-state index is 0.241. The van der Waals surface area contributed by atoms with E-state index in [0.717, 1.165) is 26.9 Å². The zero-order chi connectivity index (χ0) is 25.9. The van der Waals surface area contributed by atoms with Crippen molar-refractivity contribution in [2.75, 3.05) is 21.3 Å². The van der Waals surface area contributed by atoms with Crippen LogP contribution in [0.1, 0.15) is 35.1 Å². The molecule has 1 aliphatic heterocycles. The number of halogens is 1. The lowest BCUT2D eigenvalue weighted by Crippen LogP contribution is -2.45. The molecule has 4 atom stereocenters. The van der Waals surface area contributed by atoms with Crippen LogP contribution in [0.15, 0.2) is 90.4 Å². The topological polar surface area (TPSA) is 57.2 Å². The van der Waals surface area contributed by atoms with E-state index in [-0.39, 0.29) is 5.92 Å². The Morgan fingerprint density at radius 1 is 0.944 bits per heavy atom. The third-order valence-corrected chi connectivity index (χ3v) is 7.53. The molecule has 4 rings (SSSR count). The second-order valence-corrected chi connectivity index (χ2v) is 9.62. The Bertz CT molecular complexity index is 1220. The SMILES string of the molecule is C=CCC(O)(c1ccc(OC)cc1)[C@H]1[C@H](C=C)c2cc(Br)c(OC)cc2O[C@@H]1c1ccc(OC)cc1. The lowest BCUT2D eigenvalue weighted by atomic mass is 9.65. The highest BCUT2D eigenvalue weighted by Gasteiger charge is 2.50. The Hall–Kier alpha value is -3.22. The van der Waals surface area contributed by atoms with Gasteiger partial charge in [0.25, 0.3) is 0 Å². The minimum atomic E-state index is -1.32. The van der Waals surface area contributed by atoms with Gasteiger partial charge in [0.05, 0.1) is 25.8 Å². The van der Waals surface area contributed by atoms with E-state index in [1.165, 1.54) is 0 Å². The molecule has 1 heterocycles. The van der Waals surface area contributed by atoms with Crippen LogP contribution < -0.4 is 18.9 Å². The minimum Gasteiger partial charge on any atom is -0.497 e. The molecule has 3 aromatic rings. The van der Waals surface area contributed by atoms with Crippen molar-refractivity contribution in [2.24, 2.45) is 5.92 Å². The van der Waals surface area contributed by atoms with Crippen molar-refractivity contribution in [1.29, 1.82) is 0 Å². The summed E-state index contributed by atoms with van der Waals surface area (Å²) in [5.74, 6) is 2.15. The molecule has 3 aromatic carbocycles. The lowest BCUT2D eigenvalue weighted by molar-refractivity contribution is -0.0838. The normalized spacial score (nSPS) is 20.3. The van der Waals surface area contributed by atoms with Crippen molar-refractivity contribution < 1.29 is 24.1 Å². The number of benzene rings is 3. The Kier molecular flexibility index (Phi) is 7.76. The van der Waals surface area contributed by atoms with E-state index < -0.39 is 17.6 Å². The molecule has 1 unspecified atom stereocenters. The van der Waals surface area contributed by atoms with Crippen molar-refractivity contribution >= 4 is 15.9 Å². The monoisotopic (exact) mass is 550 g/mol. The summed E-state index contributed by atoms with van der Waals surface area (Å²) in [7, 11) is 4.88. The molecule has 5 nitrogen and oxygen atoms in total. The van der Waals surface area contributed by atoms with Gasteiger partial charge in [-0.25, -0.2) is 0 Å². The van der Waals surface area contributed by atoms with E-state index in [2.05, 4.69) is 29.1 Å². The number of hydrogen-bond acceptors (Lipinski definition) is 5. The number of methoxy groups -OCH3 is 3. The Morgan fingerprint density at radius 3 is 2.08 bits per heavy atom. The molecule has 0 bridgehead atoms. The molecular weight excluding hydrogens is 520 g/mol. The largest absolute Gasteiger partial charge is 0.497 e. The van der Waals surface area contributed by atoms with Crippen molar-refractivity contribution in [3.05, 3.63) is 107 Å². The van der Waals surface area contributed by atoms with Gasteiger partial charge in [-0.15, -0.1) is 13.2 Å². The van der Waals surface area contributed by atoms with Crippen LogP contribution in [0.2, 0.25) is 0 Å². The van der Waals surface area contributed by atoms with Crippen LogP contribution in [-0.2, 0) is 5.60 Å². The highest BCUT2D eigenvalue weighted by molar-refractivity contribution is 9.10. The molecule has 0 spiro atoms. The summed E-state index contributed by atoms with van der Waals surface area (Å²) < 4.78 is 23.7. The van der Waals surface area contributed by atoms with Crippen LogP contribution in [0.3, 0.4) is 0 Å². The highest BCUT2D eigenvalue weighted by Crippen LogP contribution is 2.56. The fourth-order valence-electron chi connectivity index (χ4n) is 5.10. The van der Waals surface area contributed by atoms with E-state index in [9.17, 15) is 5.11 Å². The molecule has 0 amide bonds. The van der Waals surface area contributed by atoms with E-state index in [1.807, 2.05) is 66.7 Å². The lowest BCUT2D eigenvalue weighted by Gasteiger charge is -2.47. The third-order valence-electron chi connectivity index (χ3n) is 6.91. The first-order valence-corrected chi connectivity index (χ1v) is 12.5. The van der Waals surface area contributed by atoms with E-state index in [0.29, 0.717) is 23.7 Å². The second kappa shape index (κ2) is 10.8. The smallest absolute Gasteiger partial charge is 0.136 e. The van der Waals surface area contributed by atoms with E-state index in [1.54, 1.807) is 27.4 Å². The van der Waals surface area contributed by atoms with Gasteiger partial charge in [-0.2, -0.15) is 0 Å². The Labute approximate surface area is 221 Å². The van der Waals surface area contributed by atoms with Gasteiger partial charge in [0.2, 0.25) is 0 Å². The van der Waals surface area contributed by atoms with Crippen molar-refractivity contribution in [3.8, 4) is 23.0 Å². The molecule has 0 aromatic heterocycles. The first-order chi connectivity index (χ1) is 17.4. The molecule has 1 N–H and O–H groups in total. The van der Waals surface area contributed by atoms with Crippen LogP contribution >= 0.6 is 15.9 Å². The fraction of sp³-hybridized carbons (Fsp3) is 0.267. The van der Waals surface area contributed by atoms with Crippen LogP contribution in [0.25, 0.3) is 0 Å². The summed E-state index contributed by atoms with van der Waals surface area (Å²) in [6.07, 6.45) is 3.45. The van der Waals surface area contributed by atoms with E-state index >= 15 is 0 Å². The molecular formula is C30H31BrO5. The van der Waals surface area contributed by atoms with Gasteiger partial charge >= 0.3 is 0 Å². The van der Waals surface area contributed by atoms with Crippen molar-refractivity contribution in [3.63, 3.8) is 0 Å². The quantitative estimate of drug-likeness (QED) is 0.292. The molecule has 0 fully saturated rings. The second-order valence-electron chi connectivity index (χ2n) is 8.77. The first kappa shape index (κ1) is 25.9. The number of rotatable bonds is 9. The van der Waals surface area contributed by atoms with Gasteiger partial charge in [0.15, 0.2) is 0 Å². The summed E-state index contributed by atoms with van der Waals surface area (Å²) in [5, 5.41) is 12.5. The fourth-order valence-corrected chi connectivity index (χ4v) is 5.62. The van der Waals surface area contributed by atoms with E-state index in [4.69, 9.17) is 18.9 Å². The number of fused-ring (bicyclic) bond motifs is 1. The van der Waals surface area contributed by atoms with Crippen LogP contribution in [0.5, 0.6) is 23.0 Å². The molecule has 188 valence electrons. The van der Waals surface area contributed by atoms with Crippen molar-refractivity contribution in [1.82, 2.24) is 0 Å². The maximum Gasteiger partial charge on any atom is 0.136 e. The zero-order valence-electron chi connectivity index (χ0n) is 20.7. The van der Waals surface area contributed by atoms with Gasteiger partial charge in [-0.1, -0.05) is 36.4 Å². The van der Waals surface area contributed by atoms with Gasteiger partial charge in [0, 0.05) is 23.5 Å².